The summed E-state index contributed by atoms with van der Waals surface area (Å²) in [5.74, 6) is -8.16. The Morgan fingerprint density at radius 2 is 1.48 bits per heavy atom. The normalized spacial score (nSPS) is 30.7. The van der Waals surface area contributed by atoms with Crippen LogP contribution < -0.4 is 0 Å². The molecule has 0 saturated carbocycles. The molecule has 1 heterocycles. The minimum Gasteiger partial charge on any atom is -0.508 e. The number of carbonyl (C=O) groups is 2. The summed E-state index contributed by atoms with van der Waals surface area (Å²) in [7, 11) is 0. The first-order chi connectivity index (χ1) is 14.5. The van der Waals surface area contributed by atoms with E-state index < -0.39 is 64.9 Å². The summed E-state index contributed by atoms with van der Waals surface area (Å²) in [6.07, 6.45) is -6.42. The van der Waals surface area contributed by atoms with E-state index in [1.165, 1.54) is 0 Å². The predicted molar refractivity (Wildman–Crippen MR) is 100 cm³/mol. The topological polar surface area (TPSA) is 205 Å². The van der Waals surface area contributed by atoms with Crippen LogP contribution in [0.3, 0.4) is 0 Å². The van der Waals surface area contributed by atoms with E-state index >= 15 is 0 Å². The van der Waals surface area contributed by atoms with Gasteiger partial charge in [-0.05, 0) is 36.4 Å². The Hall–Kier alpha value is -3.06. The van der Waals surface area contributed by atoms with Crippen LogP contribution in [-0.2, 0) is 4.74 Å². The second-order valence-corrected chi connectivity index (χ2v) is 7.09. The highest BCUT2D eigenvalue weighted by Gasteiger charge is 2.71. The van der Waals surface area contributed by atoms with E-state index in [9.17, 15) is 50.4 Å². The van der Waals surface area contributed by atoms with E-state index in [0.717, 1.165) is 42.5 Å². The number of rotatable bonds is 5. The maximum absolute atomic E-state index is 13.1. The molecule has 0 aromatic heterocycles. The molecule has 5 unspecified atom stereocenters. The highest BCUT2D eigenvalue weighted by atomic mass is 16.7. The Balaban J connectivity index is 2.19. The number of carbonyl (C=O) groups excluding carboxylic acids is 2. The highest BCUT2D eigenvalue weighted by molar-refractivity contribution is 6.12. The van der Waals surface area contributed by atoms with Gasteiger partial charge in [0.1, 0.15) is 35.6 Å². The van der Waals surface area contributed by atoms with Gasteiger partial charge in [-0.25, -0.2) is 0 Å². The van der Waals surface area contributed by atoms with Gasteiger partial charge in [0.25, 0.3) is 5.79 Å². The summed E-state index contributed by atoms with van der Waals surface area (Å²) < 4.78 is 5.04. The van der Waals surface area contributed by atoms with E-state index in [1.807, 2.05) is 0 Å². The number of Topliss-reactive ketones (excluding diaryl/α,β-unsaturated/α-hetero) is 2. The number of aliphatic hydroxyl groups excluding tert-OH is 3. The smallest absolute Gasteiger partial charge is 0.272 e. The predicted octanol–water partition coefficient (Wildman–Crippen LogP) is -1.60. The first-order valence-corrected chi connectivity index (χ1v) is 8.97. The van der Waals surface area contributed by atoms with Crippen LogP contribution in [0.4, 0.5) is 0 Å². The minimum atomic E-state index is -3.58. The molecule has 0 spiro atoms. The van der Waals surface area contributed by atoms with Crippen molar-refractivity contribution in [2.24, 2.45) is 0 Å². The molecule has 5 atom stereocenters. The average Bonchev–Trinajstić information content (AvgIpc) is 2.74. The van der Waals surface area contributed by atoms with Crippen molar-refractivity contribution in [2.45, 2.75) is 29.7 Å². The number of hydrogen-bond acceptors (Lipinski definition) is 11. The van der Waals surface area contributed by atoms with Crippen LogP contribution in [0.1, 0.15) is 20.7 Å². The van der Waals surface area contributed by atoms with Crippen LogP contribution >= 0.6 is 0 Å². The lowest BCUT2D eigenvalue weighted by Crippen LogP contribution is -2.78. The van der Waals surface area contributed by atoms with Gasteiger partial charge in [-0.1, -0.05) is 0 Å². The van der Waals surface area contributed by atoms with Crippen LogP contribution in [0.25, 0.3) is 0 Å². The van der Waals surface area contributed by atoms with Crippen molar-refractivity contribution < 1.29 is 55.2 Å². The quantitative estimate of drug-likeness (QED) is 0.251. The third-order valence-electron chi connectivity index (χ3n) is 5.16. The molecule has 31 heavy (non-hydrogen) atoms. The molecule has 0 radical (unpaired) electrons. The summed E-state index contributed by atoms with van der Waals surface area (Å²) in [5, 5.41) is 81.3. The van der Waals surface area contributed by atoms with Gasteiger partial charge in [0.05, 0.1) is 12.2 Å². The van der Waals surface area contributed by atoms with E-state index in [-0.39, 0.29) is 11.3 Å². The molecule has 2 aromatic carbocycles. The monoisotopic (exact) mass is 436 g/mol. The molecular weight excluding hydrogens is 416 g/mol. The standard InChI is InChI=1S/C20H20O11/c21-8-14-15(25)18(28)19(29,16(26)9-1-3-10(22)4-2-9)20(30,31-14)17(27)12-6-5-11(23)7-13(12)24/h1-7,14-15,18,21-25,28-30H,8H2. The van der Waals surface area contributed by atoms with Gasteiger partial charge in [0, 0.05) is 11.6 Å². The van der Waals surface area contributed by atoms with Crippen LogP contribution in [0, 0.1) is 0 Å². The lowest BCUT2D eigenvalue weighted by Gasteiger charge is -2.50. The van der Waals surface area contributed by atoms with Crippen LogP contribution in [-0.4, -0.2) is 88.7 Å². The maximum atomic E-state index is 13.1. The summed E-state index contributed by atoms with van der Waals surface area (Å²) in [5.41, 5.74) is -4.58. The molecule has 0 aliphatic carbocycles. The number of aromatic hydroxyl groups is 3. The Labute approximate surface area is 174 Å². The van der Waals surface area contributed by atoms with Crippen molar-refractivity contribution in [3.63, 3.8) is 0 Å². The minimum absolute atomic E-state index is 0.246. The number of hydrogen-bond donors (Lipinski definition) is 8. The number of benzene rings is 2. The van der Waals surface area contributed by atoms with Crippen molar-refractivity contribution >= 4 is 11.6 Å². The zero-order chi connectivity index (χ0) is 23.1. The van der Waals surface area contributed by atoms with Crippen LogP contribution in [0.2, 0.25) is 0 Å². The van der Waals surface area contributed by atoms with Gasteiger partial charge in [-0.2, -0.15) is 0 Å². The lowest BCUT2D eigenvalue weighted by molar-refractivity contribution is -0.345. The summed E-state index contributed by atoms with van der Waals surface area (Å²) >= 11 is 0. The fourth-order valence-electron chi connectivity index (χ4n) is 3.42. The number of phenolic OH excluding ortho intramolecular Hbond substituents is 3. The zero-order valence-corrected chi connectivity index (χ0v) is 15.8. The third-order valence-corrected chi connectivity index (χ3v) is 5.16. The third kappa shape index (κ3) is 3.43. The van der Waals surface area contributed by atoms with Gasteiger partial charge in [0.15, 0.2) is 0 Å². The molecule has 166 valence electrons. The number of phenols is 3. The Kier molecular flexibility index (Phi) is 5.76. The van der Waals surface area contributed by atoms with Gasteiger partial charge in [-0.3, -0.25) is 9.59 Å². The molecule has 11 heteroatoms. The first kappa shape index (κ1) is 22.6. The van der Waals surface area contributed by atoms with E-state index in [2.05, 4.69) is 0 Å². The second-order valence-electron chi connectivity index (χ2n) is 7.09. The lowest BCUT2D eigenvalue weighted by atomic mass is 9.72. The maximum Gasteiger partial charge on any atom is 0.272 e. The number of aliphatic hydroxyl groups is 5. The molecule has 8 N–H and O–H groups in total. The number of ketones is 2. The van der Waals surface area contributed by atoms with Crippen molar-refractivity contribution in [1.29, 1.82) is 0 Å². The van der Waals surface area contributed by atoms with Crippen molar-refractivity contribution in [2.75, 3.05) is 6.61 Å². The van der Waals surface area contributed by atoms with Gasteiger partial charge in [-0.15, -0.1) is 0 Å². The Morgan fingerprint density at radius 3 is 2.03 bits per heavy atom. The molecule has 1 fully saturated rings. The number of ether oxygens (including phenoxy) is 1. The molecule has 1 saturated heterocycles. The molecule has 3 rings (SSSR count). The molecule has 2 aromatic rings. The summed E-state index contributed by atoms with van der Waals surface area (Å²) in [6, 6.07) is 6.75. The fraction of sp³-hybridized carbons (Fsp3) is 0.300. The van der Waals surface area contributed by atoms with Crippen molar-refractivity contribution in [3.8, 4) is 17.2 Å². The largest absolute Gasteiger partial charge is 0.508 e. The SMILES string of the molecule is O=C(c1ccc(O)cc1O)C1(O)OC(CO)C(O)C(O)C1(O)C(=O)c1ccc(O)cc1. The van der Waals surface area contributed by atoms with E-state index in [0.29, 0.717) is 0 Å². The molecule has 1 aliphatic rings. The van der Waals surface area contributed by atoms with Crippen LogP contribution in [0.15, 0.2) is 42.5 Å². The van der Waals surface area contributed by atoms with Gasteiger partial charge >= 0.3 is 0 Å². The fourth-order valence-corrected chi connectivity index (χ4v) is 3.42. The Morgan fingerprint density at radius 1 is 0.903 bits per heavy atom. The Bertz CT molecular complexity index is 1000. The highest BCUT2D eigenvalue weighted by Crippen LogP contribution is 2.42. The first-order valence-electron chi connectivity index (χ1n) is 8.97. The van der Waals surface area contributed by atoms with Crippen LogP contribution in [0.5, 0.6) is 17.2 Å². The van der Waals surface area contributed by atoms with E-state index in [4.69, 9.17) is 4.74 Å². The van der Waals surface area contributed by atoms with Crippen molar-refractivity contribution in [1.82, 2.24) is 0 Å². The zero-order valence-electron chi connectivity index (χ0n) is 15.8. The van der Waals surface area contributed by atoms with Crippen molar-refractivity contribution in [3.05, 3.63) is 53.6 Å². The molecule has 0 amide bonds. The molecule has 1 aliphatic heterocycles. The molecular formula is C20H20O11. The average molecular weight is 436 g/mol. The van der Waals surface area contributed by atoms with Gasteiger partial charge < -0.3 is 45.6 Å². The van der Waals surface area contributed by atoms with E-state index in [1.54, 1.807) is 0 Å². The molecule has 11 nitrogen and oxygen atoms in total. The molecule has 0 bridgehead atoms. The summed E-state index contributed by atoms with van der Waals surface area (Å²) in [4.78, 5) is 26.2. The van der Waals surface area contributed by atoms with Gasteiger partial charge in [0.2, 0.25) is 17.2 Å². The summed E-state index contributed by atoms with van der Waals surface area (Å²) in [6.45, 7) is -1.02. The second kappa shape index (κ2) is 7.89.